The van der Waals surface area contributed by atoms with E-state index in [1.807, 2.05) is 19.1 Å². The first kappa shape index (κ1) is 12.9. The Balaban J connectivity index is 2.20. The van der Waals surface area contributed by atoms with E-state index in [4.69, 9.17) is 11.0 Å². The Bertz CT molecular complexity index is 632. The number of rotatable bonds is 3. The molecular weight excluding hydrogens is 241 g/mol. The molecule has 0 spiro atoms. The van der Waals surface area contributed by atoms with E-state index in [1.54, 1.807) is 24.3 Å². The van der Waals surface area contributed by atoms with Gasteiger partial charge in [0.05, 0.1) is 23.0 Å². The van der Waals surface area contributed by atoms with Gasteiger partial charge in [0.25, 0.3) is 0 Å². The topological polar surface area (TPSA) is 61.8 Å². The minimum Gasteiger partial charge on any atom is -0.397 e. The largest absolute Gasteiger partial charge is 0.397 e. The van der Waals surface area contributed by atoms with Gasteiger partial charge in [0.15, 0.2) is 0 Å². The van der Waals surface area contributed by atoms with Gasteiger partial charge in [-0.25, -0.2) is 4.39 Å². The Labute approximate surface area is 111 Å². The number of hydrogen-bond acceptors (Lipinski definition) is 3. The molecule has 0 aromatic heterocycles. The molecule has 1 unspecified atom stereocenters. The Morgan fingerprint density at radius 2 is 2.05 bits per heavy atom. The van der Waals surface area contributed by atoms with Crippen molar-refractivity contribution < 1.29 is 4.39 Å². The fourth-order valence-electron chi connectivity index (χ4n) is 1.86. The molecule has 0 saturated heterocycles. The van der Waals surface area contributed by atoms with Crippen molar-refractivity contribution in [2.45, 2.75) is 13.0 Å². The molecular formula is C15H14FN3. The lowest BCUT2D eigenvalue weighted by Gasteiger charge is -2.17. The second-order valence-corrected chi connectivity index (χ2v) is 4.33. The van der Waals surface area contributed by atoms with Crippen LogP contribution in [0, 0.1) is 17.1 Å². The van der Waals surface area contributed by atoms with E-state index < -0.39 is 0 Å². The molecule has 3 N–H and O–H groups in total. The molecule has 0 amide bonds. The predicted octanol–water partition coefficient (Wildman–Crippen LogP) is 3.45. The summed E-state index contributed by atoms with van der Waals surface area (Å²) in [7, 11) is 0. The number of nitrogens with one attached hydrogen (secondary N) is 1. The van der Waals surface area contributed by atoms with Crippen LogP contribution in [0.4, 0.5) is 15.8 Å². The van der Waals surface area contributed by atoms with Crippen molar-refractivity contribution in [3.8, 4) is 6.07 Å². The number of nitrogens with two attached hydrogens (primary N) is 1. The summed E-state index contributed by atoms with van der Waals surface area (Å²) in [5, 5.41) is 12.0. The van der Waals surface area contributed by atoms with Gasteiger partial charge < -0.3 is 11.1 Å². The van der Waals surface area contributed by atoms with Crippen LogP contribution in [0.15, 0.2) is 42.5 Å². The van der Waals surface area contributed by atoms with E-state index in [-0.39, 0.29) is 11.9 Å². The smallest absolute Gasteiger partial charge is 0.123 e. The number of nitrogen functional groups attached to an aromatic ring is 1. The van der Waals surface area contributed by atoms with Crippen molar-refractivity contribution in [1.82, 2.24) is 0 Å². The summed E-state index contributed by atoms with van der Waals surface area (Å²) in [5.41, 5.74) is 8.45. The Morgan fingerprint density at radius 3 is 2.68 bits per heavy atom. The summed E-state index contributed by atoms with van der Waals surface area (Å²) < 4.78 is 13.2. The van der Waals surface area contributed by atoms with Gasteiger partial charge in [-0.05, 0) is 42.8 Å². The van der Waals surface area contributed by atoms with Gasteiger partial charge in [-0.1, -0.05) is 12.1 Å². The highest BCUT2D eigenvalue weighted by atomic mass is 19.1. The first-order valence-electron chi connectivity index (χ1n) is 5.92. The molecule has 0 radical (unpaired) electrons. The van der Waals surface area contributed by atoms with E-state index in [0.29, 0.717) is 11.3 Å². The summed E-state index contributed by atoms with van der Waals surface area (Å²) in [6, 6.07) is 13.4. The fourth-order valence-corrected chi connectivity index (χ4v) is 1.86. The minimum absolute atomic E-state index is 0.0778. The van der Waals surface area contributed by atoms with E-state index in [9.17, 15) is 4.39 Å². The summed E-state index contributed by atoms with van der Waals surface area (Å²) in [6.07, 6.45) is 0. The van der Waals surface area contributed by atoms with Crippen LogP contribution < -0.4 is 11.1 Å². The first-order valence-corrected chi connectivity index (χ1v) is 5.92. The molecule has 0 bridgehead atoms. The highest BCUT2D eigenvalue weighted by Gasteiger charge is 2.08. The van der Waals surface area contributed by atoms with Crippen LogP contribution in [-0.2, 0) is 0 Å². The number of benzene rings is 2. The highest BCUT2D eigenvalue weighted by Crippen LogP contribution is 2.25. The molecule has 19 heavy (non-hydrogen) atoms. The monoisotopic (exact) mass is 255 g/mol. The van der Waals surface area contributed by atoms with Gasteiger partial charge in [-0.3, -0.25) is 0 Å². The van der Waals surface area contributed by atoms with Crippen LogP contribution in [0.25, 0.3) is 0 Å². The normalized spacial score (nSPS) is 11.6. The van der Waals surface area contributed by atoms with Crippen molar-refractivity contribution in [2.24, 2.45) is 0 Å². The zero-order valence-electron chi connectivity index (χ0n) is 10.5. The molecule has 2 rings (SSSR count). The van der Waals surface area contributed by atoms with Gasteiger partial charge >= 0.3 is 0 Å². The molecule has 2 aromatic carbocycles. The lowest BCUT2D eigenvalue weighted by molar-refractivity contribution is 0.623. The summed E-state index contributed by atoms with van der Waals surface area (Å²) in [4.78, 5) is 0. The van der Waals surface area contributed by atoms with Crippen molar-refractivity contribution in [3.63, 3.8) is 0 Å². The van der Waals surface area contributed by atoms with Crippen LogP contribution in [0.3, 0.4) is 0 Å². The van der Waals surface area contributed by atoms with Gasteiger partial charge in [0, 0.05) is 6.04 Å². The van der Waals surface area contributed by atoms with E-state index >= 15 is 0 Å². The average Bonchev–Trinajstić information content (AvgIpc) is 2.41. The number of hydrogen-bond donors (Lipinski definition) is 2. The molecule has 96 valence electrons. The number of nitriles is 1. The Hall–Kier alpha value is -2.54. The van der Waals surface area contributed by atoms with Gasteiger partial charge in [-0.15, -0.1) is 0 Å². The van der Waals surface area contributed by atoms with Gasteiger partial charge in [0.1, 0.15) is 5.82 Å². The molecule has 0 fully saturated rings. The molecule has 4 heteroatoms. The zero-order chi connectivity index (χ0) is 13.8. The van der Waals surface area contributed by atoms with Crippen LogP contribution >= 0.6 is 0 Å². The Kier molecular flexibility index (Phi) is 3.67. The predicted molar refractivity (Wildman–Crippen MR) is 74.0 cm³/mol. The second-order valence-electron chi connectivity index (χ2n) is 4.33. The van der Waals surface area contributed by atoms with Crippen molar-refractivity contribution >= 4 is 11.4 Å². The SMILES string of the molecule is CC(Nc1ccc(C#N)cc1N)c1cccc(F)c1. The molecule has 0 saturated carbocycles. The third-order valence-corrected chi connectivity index (χ3v) is 2.90. The Morgan fingerprint density at radius 1 is 1.26 bits per heavy atom. The molecule has 2 aromatic rings. The van der Waals surface area contributed by atoms with E-state index in [0.717, 1.165) is 11.3 Å². The molecule has 1 atom stereocenters. The standard InChI is InChI=1S/C15H14FN3/c1-10(12-3-2-4-13(16)8-12)19-15-6-5-11(9-17)7-14(15)18/h2-8,10,19H,18H2,1H3. The molecule has 0 aliphatic rings. The third kappa shape index (κ3) is 3.02. The summed E-state index contributed by atoms with van der Waals surface area (Å²) >= 11 is 0. The summed E-state index contributed by atoms with van der Waals surface area (Å²) in [5.74, 6) is -0.265. The maximum atomic E-state index is 13.2. The lowest BCUT2D eigenvalue weighted by atomic mass is 10.1. The van der Waals surface area contributed by atoms with Crippen molar-refractivity contribution in [2.75, 3.05) is 11.1 Å². The fraction of sp³-hybridized carbons (Fsp3) is 0.133. The number of anilines is 2. The quantitative estimate of drug-likeness (QED) is 0.826. The van der Waals surface area contributed by atoms with E-state index in [2.05, 4.69) is 5.32 Å². The van der Waals surface area contributed by atoms with E-state index in [1.165, 1.54) is 12.1 Å². The molecule has 0 heterocycles. The number of nitrogens with zero attached hydrogens (tertiary/aromatic N) is 1. The van der Waals surface area contributed by atoms with Crippen molar-refractivity contribution in [3.05, 3.63) is 59.4 Å². The zero-order valence-corrected chi connectivity index (χ0v) is 10.5. The average molecular weight is 255 g/mol. The second kappa shape index (κ2) is 5.40. The van der Waals surface area contributed by atoms with Gasteiger partial charge in [0.2, 0.25) is 0 Å². The highest BCUT2D eigenvalue weighted by molar-refractivity contribution is 5.68. The molecule has 3 nitrogen and oxygen atoms in total. The first-order chi connectivity index (χ1) is 9.10. The third-order valence-electron chi connectivity index (χ3n) is 2.90. The minimum atomic E-state index is -0.265. The van der Waals surface area contributed by atoms with Crippen LogP contribution in [-0.4, -0.2) is 0 Å². The van der Waals surface area contributed by atoms with Crippen molar-refractivity contribution in [1.29, 1.82) is 5.26 Å². The maximum absolute atomic E-state index is 13.2. The van der Waals surface area contributed by atoms with Crippen LogP contribution in [0.5, 0.6) is 0 Å². The number of halogens is 1. The molecule has 0 aliphatic heterocycles. The lowest BCUT2D eigenvalue weighted by Crippen LogP contribution is -2.08. The molecule has 0 aliphatic carbocycles. The summed E-state index contributed by atoms with van der Waals surface area (Å²) in [6.45, 7) is 1.92. The van der Waals surface area contributed by atoms with Gasteiger partial charge in [-0.2, -0.15) is 5.26 Å². The van der Waals surface area contributed by atoms with Crippen LogP contribution in [0.2, 0.25) is 0 Å². The van der Waals surface area contributed by atoms with Crippen LogP contribution in [0.1, 0.15) is 24.1 Å². The maximum Gasteiger partial charge on any atom is 0.123 e.